The van der Waals surface area contributed by atoms with E-state index in [0.717, 1.165) is 34.5 Å². The number of rotatable bonds is 2. The summed E-state index contributed by atoms with van der Waals surface area (Å²) in [5.41, 5.74) is 8.75. The molecule has 5 nitrogen and oxygen atoms in total. The lowest BCUT2D eigenvalue weighted by molar-refractivity contribution is 0.161. The average Bonchev–Trinajstić information content (AvgIpc) is 3.04. The van der Waals surface area contributed by atoms with Crippen molar-refractivity contribution >= 4 is 32.9 Å². The minimum atomic E-state index is 0.494. The number of nitrogens with zero attached hydrogens (tertiary/aromatic N) is 3. The van der Waals surface area contributed by atoms with Gasteiger partial charge < -0.3 is 10.5 Å². The van der Waals surface area contributed by atoms with Crippen LogP contribution in [-0.2, 0) is 4.74 Å². The molecule has 4 rings (SSSR count). The summed E-state index contributed by atoms with van der Waals surface area (Å²) < 4.78 is 5.40. The molecule has 0 aliphatic carbocycles. The lowest BCUT2D eigenvalue weighted by Crippen LogP contribution is -2.06. The molecule has 3 aromatic heterocycles. The first-order valence-corrected chi connectivity index (χ1v) is 7.93. The van der Waals surface area contributed by atoms with Crippen LogP contribution in [0.3, 0.4) is 0 Å². The van der Waals surface area contributed by atoms with Crippen LogP contribution in [0.1, 0.15) is 12.1 Å². The number of nitrogen functional groups attached to an aromatic ring is 1. The van der Waals surface area contributed by atoms with Gasteiger partial charge in [0.1, 0.15) is 10.6 Å². The van der Waals surface area contributed by atoms with Crippen LogP contribution in [0, 0.1) is 0 Å². The Hall–Kier alpha value is -2.31. The molecule has 0 bridgehead atoms. The van der Waals surface area contributed by atoms with Crippen molar-refractivity contribution < 1.29 is 4.74 Å². The van der Waals surface area contributed by atoms with Crippen molar-refractivity contribution in [2.75, 3.05) is 18.9 Å². The molecule has 2 N–H and O–H groups in total. The Morgan fingerprint density at radius 3 is 2.91 bits per heavy atom. The zero-order valence-electron chi connectivity index (χ0n) is 11.8. The monoisotopic (exact) mass is 310 g/mol. The molecule has 110 valence electrons. The highest BCUT2D eigenvalue weighted by molar-refractivity contribution is 7.16. The van der Waals surface area contributed by atoms with Crippen molar-refractivity contribution in [2.45, 2.75) is 6.42 Å². The standard InChI is InChI=1S/C16H14N4OS/c17-13-2-1-11(9-18-13)15-19-14(10-3-6-21-7-4-10)12-5-8-22-16(12)20-15/h1-3,5,8-9H,4,6-7H2,(H2,17,18). The summed E-state index contributed by atoms with van der Waals surface area (Å²) in [4.78, 5) is 14.6. The molecule has 1 aliphatic rings. The lowest BCUT2D eigenvalue weighted by atomic mass is 10.0. The third-order valence-electron chi connectivity index (χ3n) is 3.64. The van der Waals surface area contributed by atoms with Gasteiger partial charge in [-0.1, -0.05) is 6.08 Å². The fraction of sp³-hybridized carbons (Fsp3) is 0.188. The molecule has 0 saturated carbocycles. The summed E-state index contributed by atoms with van der Waals surface area (Å²) in [5, 5.41) is 3.15. The van der Waals surface area contributed by atoms with E-state index in [0.29, 0.717) is 18.2 Å². The van der Waals surface area contributed by atoms with E-state index < -0.39 is 0 Å². The van der Waals surface area contributed by atoms with Crippen LogP contribution < -0.4 is 5.73 Å². The number of ether oxygens (including phenoxy) is 1. The van der Waals surface area contributed by atoms with Gasteiger partial charge in [0, 0.05) is 17.1 Å². The third-order valence-corrected chi connectivity index (χ3v) is 4.44. The SMILES string of the molecule is Nc1ccc(-c2nc(C3=CCOCC3)c3ccsc3n2)cn1. The first kappa shape index (κ1) is 13.4. The van der Waals surface area contributed by atoms with Gasteiger partial charge in [0.2, 0.25) is 0 Å². The number of anilines is 1. The van der Waals surface area contributed by atoms with Crippen molar-refractivity contribution in [1.82, 2.24) is 15.0 Å². The normalized spacial score (nSPS) is 15.0. The van der Waals surface area contributed by atoms with Crippen LogP contribution >= 0.6 is 11.3 Å². The molecule has 3 aromatic rings. The fourth-order valence-electron chi connectivity index (χ4n) is 2.51. The van der Waals surface area contributed by atoms with Crippen molar-refractivity contribution in [1.29, 1.82) is 0 Å². The van der Waals surface area contributed by atoms with Crippen molar-refractivity contribution in [3.8, 4) is 11.4 Å². The highest BCUT2D eigenvalue weighted by Gasteiger charge is 2.15. The highest BCUT2D eigenvalue weighted by atomic mass is 32.1. The van der Waals surface area contributed by atoms with Crippen LogP contribution in [0.25, 0.3) is 27.2 Å². The molecule has 4 heterocycles. The number of hydrogen-bond acceptors (Lipinski definition) is 6. The summed E-state index contributed by atoms with van der Waals surface area (Å²) in [7, 11) is 0. The predicted octanol–water partition coefficient (Wildman–Crippen LogP) is 3.14. The van der Waals surface area contributed by atoms with Crippen LogP contribution in [0.15, 0.2) is 35.9 Å². The summed E-state index contributed by atoms with van der Waals surface area (Å²) in [5.74, 6) is 1.18. The highest BCUT2D eigenvalue weighted by Crippen LogP contribution is 2.31. The van der Waals surface area contributed by atoms with Gasteiger partial charge >= 0.3 is 0 Å². The van der Waals surface area contributed by atoms with Gasteiger partial charge in [-0.2, -0.15) is 0 Å². The maximum atomic E-state index is 5.65. The number of thiophene rings is 1. The molecule has 0 unspecified atom stereocenters. The average molecular weight is 310 g/mol. The van der Waals surface area contributed by atoms with E-state index in [4.69, 9.17) is 15.5 Å². The third kappa shape index (κ3) is 2.36. The largest absolute Gasteiger partial charge is 0.384 e. The maximum absolute atomic E-state index is 5.65. The van der Waals surface area contributed by atoms with Crippen molar-refractivity contribution in [3.05, 3.63) is 41.5 Å². The van der Waals surface area contributed by atoms with Crippen LogP contribution in [0.5, 0.6) is 0 Å². The molecule has 1 aliphatic heterocycles. The maximum Gasteiger partial charge on any atom is 0.162 e. The van der Waals surface area contributed by atoms with Gasteiger partial charge in [0.25, 0.3) is 0 Å². The van der Waals surface area contributed by atoms with E-state index in [1.807, 2.05) is 11.4 Å². The number of aromatic nitrogens is 3. The van der Waals surface area contributed by atoms with Gasteiger partial charge in [-0.15, -0.1) is 11.3 Å². The van der Waals surface area contributed by atoms with E-state index in [1.54, 1.807) is 23.6 Å². The van der Waals surface area contributed by atoms with E-state index in [9.17, 15) is 0 Å². The molecule has 22 heavy (non-hydrogen) atoms. The molecule has 0 saturated heterocycles. The number of pyridine rings is 1. The second-order valence-corrected chi connectivity index (χ2v) is 5.96. The van der Waals surface area contributed by atoms with Gasteiger partial charge in [-0.25, -0.2) is 15.0 Å². The summed E-state index contributed by atoms with van der Waals surface area (Å²) >= 11 is 1.62. The molecule has 0 spiro atoms. The van der Waals surface area contributed by atoms with E-state index in [2.05, 4.69) is 22.1 Å². The second kappa shape index (κ2) is 5.47. The minimum absolute atomic E-state index is 0.494. The zero-order chi connectivity index (χ0) is 14.9. The van der Waals surface area contributed by atoms with Crippen LogP contribution in [0.4, 0.5) is 5.82 Å². The Kier molecular flexibility index (Phi) is 3.32. The predicted molar refractivity (Wildman–Crippen MR) is 88.5 cm³/mol. The molecular weight excluding hydrogens is 296 g/mol. The molecule has 0 aromatic carbocycles. The Morgan fingerprint density at radius 2 is 2.14 bits per heavy atom. The Labute approximate surface area is 131 Å². The number of fused-ring (bicyclic) bond motifs is 1. The topological polar surface area (TPSA) is 73.9 Å². The van der Waals surface area contributed by atoms with Crippen LogP contribution in [0.2, 0.25) is 0 Å². The Morgan fingerprint density at radius 1 is 1.18 bits per heavy atom. The van der Waals surface area contributed by atoms with E-state index in [1.165, 1.54) is 5.57 Å². The lowest BCUT2D eigenvalue weighted by Gasteiger charge is -2.14. The number of nitrogens with two attached hydrogens (primary N) is 1. The van der Waals surface area contributed by atoms with E-state index in [-0.39, 0.29) is 0 Å². The molecule has 0 fully saturated rings. The quantitative estimate of drug-likeness (QED) is 0.787. The van der Waals surface area contributed by atoms with Gasteiger partial charge in [-0.3, -0.25) is 0 Å². The second-order valence-electron chi connectivity index (χ2n) is 5.06. The Balaban J connectivity index is 1.90. The van der Waals surface area contributed by atoms with Gasteiger partial charge in [0.15, 0.2) is 5.82 Å². The molecule has 6 heteroatoms. The van der Waals surface area contributed by atoms with Gasteiger partial charge in [-0.05, 0) is 35.6 Å². The van der Waals surface area contributed by atoms with Crippen LogP contribution in [-0.4, -0.2) is 28.2 Å². The Bertz CT molecular complexity index is 854. The minimum Gasteiger partial charge on any atom is -0.384 e. The first-order chi connectivity index (χ1) is 10.8. The smallest absolute Gasteiger partial charge is 0.162 e. The van der Waals surface area contributed by atoms with Gasteiger partial charge in [0.05, 0.1) is 18.9 Å². The van der Waals surface area contributed by atoms with Crippen molar-refractivity contribution in [3.63, 3.8) is 0 Å². The number of hydrogen-bond donors (Lipinski definition) is 1. The molecule has 0 amide bonds. The summed E-state index contributed by atoms with van der Waals surface area (Å²) in [6.07, 6.45) is 4.70. The molecule has 0 radical (unpaired) electrons. The summed E-state index contributed by atoms with van der Waals surface area (Å²) in [6, 6.07) is 5.75. The van der Waals surface area contributed by atoms with Crippen molar-refractivity contribution in [2.24, 2.45) is 0 Å². The zero-order valence-corrected chi connectivity index (χ0v) is 12.6. The van der Waals surface area contributed by atoms with E-state index >= 15 is 0 Å². The fourth-order valence-corrected chi connectivity index (χ4v) is 3.27. The molecular formula is C16H14N4OS. The first-order valence-electron chi connectivity index (χ1n) is 7.05. The summed E-state index contributed by atoms with van der Waals surface area (Å²) in [6.45, 7) is 1.38. The molecule has 0 atom stereocenters.